The first-order valence-corrected chi connectivity index (χ1v) is 19.9. The van der Waals surface area contributed by atoms with Crippen LogP contribution in [0.2, 0.25) is 0 Å². The highest BCUT2D eigenvalue weighted by Gasteiger charge is 2.52. The average molecular weight is 689 g/mol. The second-order valence-electron chi connectivity index (χ2n) is 14.9. The van der Waals surface area contributed by atoms with E-state index >= 15 is 0 Å². The second kappa shape index (κ2) is 12.0. The molecule has 0 bridgehead atoms. The summed E-state index contributed by atoms with van der Waals surface area (Å²) < 4.78 is 0. The fourth-order valence-electron chi connectivity index (χ4n) is 9.99. The lowest BCUT2D eigenvalue weighted by Gasteiger charge is -2.36. The molecule has 0 unspecified atom stereocenters. The average Bonchev–Trinajstić information content (AvgIpc) is 3.92. The smallest absolute Gasteiger partial charge is 0.132 e. The van der Waals surface area contributed by atoms with E-state index < -0.39 is 0 Å². The molecule has 0 aliphatic heterocycles. The molecule has 2 fully saturated rings. The molecule has 2 spiro atoms. The Balaban J connectivity index is 1.21. The molecule has 0 amide bonds. The van der Waals surface area contributed by atoms with Crippen molar-refractivity contribution in [3.05, 3.63) is 79.1 Å². The highest BCUT2D eigenvalue weighted by Crippen LogP contribution is 2.64. The van der Waals surface area contributed by atoms with E-state index in [1.807, 2.05) is 22.7 Å². The lowest BCUT2D eigenvalue weighted by atomic mass is 9.67. The summed E-state index contributed by atoms with van der Waals surface area (Å²) >= 11 is 3.65. The van der Waals surface area contributed by atoms with Gasteiger partial charge in [0.25, 0.3) is 0 Å². The SMILES string of the molecule is N#CC(C#N)=C1C=C(c2nc3c(s2)-c2cc4c(cc2C32CCCCC2)-c2sc(C3=CC(=C(C#N)C#N)CCC3)nc2C42CCCCC2)CCC1. The summed E-state index contributed by atoms with van der Waals surface area (Å²) in [6.45, 7) is 0. The number of benzene rings is 1. The fraction of sp³-hybridized carbons (Fsp3) is 0.429. The molecule has 0 saturated heterocycles. The Morgan fingerprint density at radius 2 is 0.940 bits per heavy atom. The minimum atomic E-state index is -0.0857. The van der Waals surface area contributed by atoms with Crippen molar-refractivity contribution in [3.8, 4) is 45.2 Å². The molecule has 2 aromatic heterocycles. The van der Waals surface area contributed by atoms with Gasteiger partial charge in [-0.25, -0.2) is 9.97 Å². The van der Waals surface area contributed by atoms with Crippen molar-refractivity contribution in [1.82, 2.24) is 9.97 Å². The Morgan fingerprint density at radius 1 is 0.540 bits per heavy atom. The first kappa shape index (κ1) is 31.4. The number of rotatable bonds is 2. The topological polar surface area (TPSA) is 121 Å². The van der Waals surface area contributed by atoms with Crippen molar-refractivity contribution in [2.24, 2.45) is 0 Å². The van der Waals surface area contributed by atoms with Gasteiger partial charge < -0.3 is 0 Å². The molecule has 2 heterocycles. The molecule has 8 heteroatoms. The van der Waals surface area contributed by atoms with Crippen molar-refractivity contribution >= 4 is 33.8 Å². The van der Waals surface area contributed by atoms with Crippen LogP contribution in [0.5, 0.6) is 0 Å². The zero-order valence-electron chi connectivity index (χ0n) is 28.1. The van der Waals surface area contributed by atoms with Crippen LogP contribution in [-0.4, -0.2) is 9.97 Å². The number of fused-ring (bicyclic) bond motifs is 10. The van der Waals surface area contributed by atoms with Crippen LogP contribution in [0.1, 0.15) is 135 Å². The Labute approximate surface area is 301 Å². The zero-order chi connectivity index (χ0) is 34.0. The molecule has 2 saturated carbocycles. The van der Waals surface area contributed by atoms with E-state index in [1.54, 1.807) is 0 Å². The molecule has 6 nitrogen and oxygen atoms in total. The molecule has 6 aliphatic carbocycles. The van der Waals surface area contributed by atoms with Crippen LogP contribution in [0.25, 0.3) is 32.0 Å². The van der Waals surface area contributed by atoms with Crippen LogP contribution >= 0.6 is 22.7 Å². The Kier molecular flexibility index (Phi) is 7.55. The molecule has 1 aromatic carbocycles. The lowest BCUT2D eigenvalue weighted by Crippen LogP contribution is -2.30. The van der Waals surface area contributed by atoms with Gasteiger partial charge in [-0.3, -0.25) is 0 Å². The van der Waals surface area contributed by atoms with Crippen molar-refractivity contribution in [2.75, 3.05) is 0 Å². The van der Waals surface area contributed by atoms with Gasteiger partial charge in [0.05, 0.1) is 21.1 Å². The van der Waals surface area contributed by atoms with E-state index in [2.05, 4.69) is 48.6 Å². The molecule has 246 valence electrons. The molecule has 0 N–H and O–H groups in total. The summed E-state index contributed by atoms with van der Waals surface area (Å²) in [6, 6.07) is 13.5. The number of thiazole rings is 2. The van der Waals surface area contributed by atoms with Gasteiger partial charge in [-0.15, -0.1) is 22.7 Å². The standard InChI is InChI=1S/C42H36N6S2/c43-21-29(22-44)25-9-7-11-27(17-25)39-47-37-35(49-39)31-20-34-32(19-33(31)41(37)13-3-1-4-14-41)36-38(42(34)15-5-2-6-16-42)48-40(50-36)28-12-8-10-26(18-28)30(23-45)24-46/h17-20H,1-16H2. The number of hydrogen-bond acceptors (Lipinski definition) is 8. The summed E-state index contributed by atoms with van der Waals surface area (Å²) in [7, 11) is 0. The van der Waals surface area contributed by atoms with Crippen molar-refractivity contribution in [3.63, 3.8) is 0 Å². The number of hydrogen-bond donors (Lipinski definition) is 0. The van der Waals surface area contributed by atoms with Gasteiger partial charge in [0.15, 0.2) is 0 Å². The first-order valence-electron chi connectivity index (χ1n) is 18.2. The summed E-state index contributed by atoms with van der Waals surface area (Å²) in [5, 5.41) is 40.4. The van der Waals surface area contributed by atoms with Gasteiger partial charge in [0, 0.05) is 10.8 Å². The van der Waals surface area contributed by atoms with Crippen LogP contribution in [0.4, 0.5) is 0 Å². The van der Waals surface area contributed by atoms with E-state index in [0.717, 1.165) is 96.5 Å². The third-order valence-electron chi connectivity index (χ3n) is 12.4. The first-order chi connectivity index (χ1) is 24.5. The molecule has 50 heavy (non-hydrogen) atoms. The minimum absolute atomic E-state index is 0.0857. The van der Waals surface area contributed by atoms with E-state index in [9.17, 15) is 21.0 Å². The van der Waals surface area contributed by atoms with Crippen molar-refractivity contribution in [2.45, 2.75) is 114 Å². The van der Waals surface area contributed by atoms with Crippen LogP contribution in [0.15, 0.2) is 46.6 Å². The van der Waals surface area contributed by atoms with Gasteiger partial charge >= 0.3 is 0 Å². The maximum atomic E-state index is 9.57. The van der Waals surface area contributed by atoms with Crippen molar-refractivity contribution < 1.29 is 0 Å². The predicted octanol–water partition coefficient (Wildman–Crippen LogP) is 10.9. The number of aromatic nitrogens is 2. The summed E-state index contributed by atoms with van der Waals surface area (Å²) in [5.41, 5.74) is 12.5. The zero-order valence-corrected chi connectivity index (χ0v) is 29.8. The van der Waals surface area contributed by atoms with Crippen LogP contribution in [0, 0.1) is 45.3 Å². The predicted molar refractivity (Wildman–Crippen MR) is 197 cm³/mol. The highest BCUT2D eigenvalue weighted by atomic mass is 32.1. The lowest BCUT2D eigenvalue weighted by molar-refractivity contribution is 0.343. The third kappa shape index (κ3) is 4.52. The van der Waals surface area contributed by atoms with Gasteiger partial charge in [-0.1, -0.05) is 50.7 Å². The summed E-state index contributed by atoms with van der Waals surface area (Å²) in [5.74, 6) is 0. The third-order valence-corrected chi connectivity index (χ3v) is 14.7. The maximum Gasteiger partial charge on any atom is 0.132 e. The number of allylic oxidation sites excluding steroid dienone is 8. The van der Waals surface area contributed by atoms with E-state index in [-0.39, 0.29) is 22.0 Å². The molecular weight excluding hydrogens is 653 g/mol. The Morgan fingerprint density at radius 3 is 1.32 bits per heavy atom. The number of nitriles is 4. The summed E-state index contributed by atoms with van der Waals surface area (Å²) in [6.07, 6.45) is 21.1. The largest absolute Gasteiger partial charge is 0.240 e. The molecule has 9 rings (SSSR count). The second-order valence-corrected chi connectivity index (χ2v) is 16.9. The molecule has 0 radical (unpaired) electrons. The van der Waals surface area contributed by atoms with Crippen molar-refractivity contribution in [1.29, 1.82) is 21.0 Å². The van der Waals surface area contributed by atoms with Crippen LogP contribution in [-0.2, 0) is 10.8 Å². The maximum absolute atomic E-state index is 9.57. The monoisotopic (exact) mass is 688 g/mol. The normalized spacial score (nSPS) is 20.7. The van der Waals surface area contributed by atoms with Gasteiger partial charge in [0.1, 0.15) is 45.4 Å². The minimum Gasteiger partial charge on any atom is -0.240 e. The number of nitrogens with zero attached hydrogens (tertiary/aromatic N) is 6. The van der Waals surface area contributed by atoms with E-state index in [1.165, 1.54) is 81.9 Å². The molecule has 0 atom stereocenters. The Hall–Kier alpha value is -4.60. The molecular formula is C42H36N6S2. The Bertz CT molecular complexity index is 2090. The van der Waals surface area contributed by atoms with Crippen LogP contribution < -0.4 is 0 Å². The van der Waals surface area contributed by atoms with Gasteiger partial charge in [-0.2, -0.15) is 21.0 Å². The van der Waals surface area contributed by atoms with Gasteiger partial charge in [0.2, 0.25) is 0 Å². The summed E-state index contributed by atoms with van der Waals surface area (Å²) in [4.78, 5) is 13.6. The fourth-order valence-corrected chi connectivity index (χ4v) is 12.5. The quantitative estimate of drug-likeness (QED) is 0.247. The molecule has 6 aliphatic rings. The highest BCUT2D eigenvalue weighted by molar-refractivity contribution is 7.17. The van der Waals surface area contributed by atoms with E-state index in [4.69, 9.17) is 9.97 Å². The van der Waals surface area contributed by atoms with E-state index in [0.29, 0.717) is 0 Å². The van der Waals surface area contributed by atoms with Crippen LogP contribution in [0.3, 0.4) is 0 Å². The molecule has 3 aromatic rings. The van der Waals surface area contributed by atoms with Gasteiger partial charge in [-0.05, 0) is 121 Å².